The van der Waals surface area contributed by atoms with Gasteiger partial charge in [0.15, 0.2) is 5.82 Å². The number of rotatable bonds is 2. The van der Waals surface area contributed by atoms with Crippen molar-refractivity contribution in [1.82, 2.24) is 9.97 Å². The minimum atomic E-state index is 0.326. The van der Waals surface area contributed by atoms with Gasteiger partial charge >= 0.3 is 0 Å². The molecule has 2 saturated heterocycles. The zero-order chi connectivity index (χ0) is 16.8. The van der Waals surface area contributed by atoms with Crippen molar-refractivity contribution in [3.63, 3.8) is 0 Å². The van der Waals surface area contributed by atoms with Crippen molar-refractivity contribution in [2.45, 2.75) is 25.0 Å². The lowest BCUT2D eigenvalue weighted by molar-refractivity contribution is 0.0303. The summed E-state index contributed by atoms with van der Waals surface area (Å²) in [4.78, 5) is 12.1. The zero-order valence-corrected chi connectivity index (χ0v) is 13.9. The molecule has 0 amide bonds. The van der Waals surface area contributed by atoms with E-state index in [9.17, 15) is 0 Å². The average Bonchev–Trinajstić information content (AvgIpc) is 2.99. The van der Waals surface area contributed by atoms with Crippen LogP contribution in [0.15, 0.2) is 48.5 Å². The van der Waals surface area contributed by atoms with Crippen LogP contribution in [0.5, 0.6) is 0 Å². The topological polar surface area (TPSA) is 64.3 Å². The largest absolute Gasteiger partial charge is 0.399 e. The summed E-state index contributed by atoms with van der Waals surface area (Å²) < 4.78 is 5.99. The molecule has 2 atom stereocenters. The standard InChI is InChI=1S/C20H20N4O/c21-14-7-5-13(6-8-14)19-22-18-4-2-1-3-17(18)20(23-19)24-11-15-9-10-16(12-24)25-15/h1-8,15-16H,9-12,21H2. The van der Waals surface area contributed by atoms with Gasteiger partial charge in [-0.05, 0) is 49.2 Å². The minimum absolute atomic E-state index is 0.326. The van der Waals surface area contributed by atoms with Gasteiger partial charge in [0.05, 0.1) is 17.7 Å². The number of fused-ring (bicyclic) bond motifs is 3. The fourth-order valence-corrected chi connectivity index (χ4v) is 3.85. The molecule has 0 aliphatic carbocycles. The van der Waals surface area contributed by atoms with E-state index in [1.54, 1.807) is 0 Å². The maximum Gasteiger partial charge on any atom is 0.162 e. The van der Waals surface area contributed by atoms with E-state index in [0.717, 1.165) is 59.7 Å². The number of anilines is 2. The van der Waals surface area contributed by atoms with Crippen molar-refractivity contribution in [2.24, 2.45) is 0 Å². The third kappa shape index (κ3) is 2.61. The maximum atomic E-state index is 5.99. The molecule has 2 fully saturated rings. The number of ether oxygens (including phenoxy) is 1. The van der Waals surface area contributed by atoms with Gasteiger partial charge in [-0.1, -0.05) is 12.1 Å². The molecule has 5 nitrogen and oxygen atoms in total. The molecule has 2 aromatic carbocycles. The van der Waals surface area contributed by atoms with E-state index >= 15 is 0 Å². The minimum Gasteiger partial charge on any atom is -0.399 e. The number of nitrogens with two attached hydrogens (primary N) is 1. The van der Waals surface area contributed by atoms with Crippen LogP contribution in [0.4, 0.5) is 11.5 Å². The number of aromatic nitrogens is 2. The molecule has 0 spiro atoms. The quantitative estimate of drug-likeness (QED) is 0.730. The fraction of sp³-hybridized carbons (Fsp3) is 0.300. The highest BCUT2D eigenvalue weighted by atomic mass is 16.5. The van der Waals surface area contributed by atoms with Crippen LogP contribution in [-0.4, -0.2) is 35.3 Å². The first-order valence-corrected chi connectivity index (χ1v) is 8.79. The Hall–Kier alpha value is -2.66. The number of nitrogens with zero attached hydrogens (tertiary/aromatic N) is 3. The van der Waals surface area contributed by atoms with Gasteiger partial charge in [-0.15, -0.1) is 0 Å². The molecule has 2 aliphatic rings. The smallest absolute Gasteiger partial charge is 0.162 e. The maximum absolute atomic E-state index is 5.99. The molecular weight excluding hydrogens is 312 g/mol. The van der Waals surface area contributed by atoms with Gasteiger partial charge in [-0.2, -0.15) is 0 Å². The molecule has 3 aromatic rings. The highest BCUT2D eigenvalue weighted by Crippen LogP contribution is 2.33. The molecule has 2 N–H and O–H groups in total. The van der Waals surface area contributed by atoms with Crippen molar-refractivity contribution >= 4 is 22.4 Å². The van der Waals surface area contributed by atoms with Crippen molar-refractivity contribution in [2.75, 3.05) is 23.7 Å². The second-order valence-electron chi connectivity index (χ2n) is 6.87. The van der Waals surface area contributed by atoms with Crippen LogP contribution in [0.1, 0.15) is 12.8 Å². The zero-order valence-electron chi connectivity index (χ0n) is 13.9. The molecule has 126 valence electrons. The van der Waals surface area contributed by atoms with Crippen molar-refractivity contribution < 1.29 is 4.74 Å². The summed E-state index contributed by atoms with van der Waals surface area (Å²) in [5, 5.41) is 1.10. The molecule has 0 radical (unpaired) electrons. The van der Waals surface area contributed by atoms with E-state index in [4.69, 9.17) is 20.4 Å². The van der Waals surface area contributed by atoms with E-state index in [2.05, 4.69) is 17.0 Å². The summed E-state index contributed by atoms with van der Waals surface area (Å²) in [6, 6.07) is 16.0. The summed E-state index contributed by atoms with van der Waals surface area (Å²) in [5.41, 5.74) is 8.52. The third-order valence-electron chi connectivity index (χ3n) is 5.10. The van der Waals surface area contributed by atoms with Crippen LogP contribution in [0.3, 0.4) is 0 Å². The first-order valence-electron chi connectivity index (χ1n) is 8.79. The van der Waals surface area contributed by atoms with Gasteiger partial charge in [0.1, 0.15) is 5.82 Å². The molecule has 5 heteroatoms. The first-order chi connectivity index (χ1) is 12.3. The Kier molecular flexibility index (Phi) is 3.35. The van der Waals surface area contributed by atoms with E-state index in [1.165, 1.54) is 0 Å². The van der Waals surface area contributed by atoms with E-state index < -0.39 is 0 Å². The Labute approximate surface area is 146 Å². The van der Waals surface area contributed by atoms with Crippen LogP contribution >= 0.6 is 0 Å². The summed E-state index contributed by atoms with van der Waals surface area (Å²) >= 11 is 0. The molecule has 2 bridgehead atoms. The van der Waals surface area contributed by atoms with Crippen LogP contribution in [-0.2, 0) is 4.74 Å². The second kappa shape index (κ2) is 5.70. The number of para-hydroxylation sites is 1. The van der Waals surface area contributed by atoms with Gasteiger partial charge in [0.25, 0.3) is 0 Å². The third-order valence-corrected chi connectivity index (χ3v) is 5.10. The normalized spacial score (nSPS) is 22.5. The van der Waals surface area contributed by atoms with Crippen LogP contribution in [0, 0.1) is 0 Å². The number of morpholine rings is 1. The Morgan fingerprint density at radius 2 is 1.64 bits per heavy atom. The molecule has 0 saturated carbocycles. The van der Waals surface area contributed by atoms with Gasteiger partial charge < -0.3 is 15.4 Å². The lowest BCUT2D eigenvalue weighted by Crippen LogP contribution is -2.43. The number of benzene rings is 2. The molecule has 5 rings (SSSR count). The van der Waals surface area contributed by atoms with Gasteiger partial charge in [-0.25, -0.2) is 9.97 Å². The number of hydrogen-bond donors (Lipinski definition) is 1. The van der Waals surface area contributed by atoms with E-state index in [-0.39, 0.29) is 0 Å². The lowest BCUT2D eigenvalue weighted by atomic mass is 10.1. The Balaban J connectivity index is 1.64. The Bertz CT molecular complexity index is 913. The van der Waals surface area contributed by atoms with Gasteiger partial charge in [-0.3, -0.25) is 0 Å². The van der Waals surface area contributed by atoms with Gasteiger partial charge in [0.2, 0.25) is 0 Å². The number of nitrogen functional groups attached to an aromatic ring is 1. The van der Waals surface area contributed by atoms with Crippen molar-refractivity contribution in [3.8, 4) is 11.4 Å². The second-order valence-corrected chi connectivity index (χ2v) is 6.87. The molecule has 1 aromatic heterocycles. The lowest BCUT2D eigenvalue weighted by Gasteiger charge is -2.33. The van der Waals surface area contributed by atoms with Crippen molar-refractivity contribution in [1.29, 1.82) is 0 Å². The van der Waals surface area contributed by atoms with Crippen molar-refractivity contribution in [3.05, 3.63) is 48.5 Å². The van der Waals surface area contributed by atoms with Crippen LogP contribution in [0.2, 0.25) is 0 Å². The SMILES string of the molecule is Nc1ccc(-c2nc(N3CC4CCC(C3)O4)c3ccccc3n2)cc1. The fourth-order valence-electron chi connectivity index (χ4n) is 3.85. The first kappa shape index (κ1) is 14.7. The monoisotopic (exact) mass is 332 g/mol. The molecule has 2 aliphatic heterocycles. The summed E-state index contributed by atoms with van der Waals surface area (Å²) in [6.07, 6.45) is 2.95. The van der Waals surface area contributed by atoms with Gasteiger partial charge in [0, 0.05) is 29.7 Å². The highest BCUT2D eigenvalue weighted by molar-refractivity contribution is 5.91. The Morgan fingerprint density at radius 3 is 2.40 bits per heavy atom. The van der Waals surface area contributed by atoms with Crippen LogP contribution < -0.4 is 10.6 Å². The van der Waals surface area contributed by atoms with Crippen LogP contribution in [0.25, 0.3) is 22.3 Å². The predicted octanol–water partition coefficient (Wildman–Crippen LogP) is 3.25. The summed E-state index contributed by atoms with van der Waals surface area (Å²) in [6.45, 7) is 1.80. The predicted molar refractivity (Wildman–Crippen MR) is 99.5 cm³/mol. The summed E-state index contributed by atoms with van der Waals surface area (Å²) in [5.74, 6) is 1.75. The Morgan fingerprint density at radius 1 is 0.920 bits per heavy atom. The molecule has 25 heavy (non-hydrogen) atoms. The highest BCUT2D eigenvalue weighted by Gasteiger charge is 2.35. The van der Waals surface area contributed by atoms with E-state index in [1.807, 2.05) is 36.4 Å². The molecular formula is C20H20N4O. The molecule has 2 unspecified atom stereocenters. The summed E-state index contributed by atoms with van der Waals surface area (Å²) in [7, 11) is 0. The molecule has 3 heterocycles. The average molecular weight is 332 g/mol. The van der Waals surface area contributed by atoms with E-state index in [0.29, 0.717) is 12.2 Å². The number of hydrogen-bond acceptors (Lipinski definition) is 5.